The third-order valence-electron chi connectivity index (χ3n) is 4.33. The van der Waals surface area contributed by atoms with Gasteiger partial charge in [0.25, 0.3) is 0 Å². The number of sulfonamides is 1. The number of ether oxygens (including phenoxy) is 1. The molecule has 0 amide bonds. The van der Waals surface area contributed by atoms with Crippen LogP contribution in [0.4, 0.5) is 13.2 Å². The third-order valence-corrected chi connectivity index (χ3v) is 6.25. The molecule has 2 aromatic rings. The number of benzene rings is 2. The van der Waals surface area contributed by atoms with Gasteiger partial charge >= 0.3 is 0 Å². The van der Waals surface area contributed by atoms with E-state index in [2.05, 4.69) is 0 Å². The maximum atomic E-state index is 13.8. The van der Waals surface area contributed by atoms with Gasteiger partial charge in [-0.25, -0.2) is 21.6 Å². The van der Waals surface area contributed by atoms with Crippen molar-refractivity contribution in [1.29, 1.82) is 0 Å². The van der Waals surface area contributed by atoms with Crippen molar-refractivity contribution in [2.24, 2.45) is 0 Å². The van der Waals surface area contributed by atoms with E-state index in [1.807, 2.05) is 4.90 Å². The number of hydrogen-bond donors (Lipinski definition) is 0. The van der Waals surface area contributed by atoms with Crippen LogP contribution < -0.4 is 4.74 Å². The SMILES string of the molecule is O=S(=O)(c1cc(F)ccc1F)N1CCN(CCOc2ccc(F)cc2)CC1. The van der Waals surface area contributed by atoms with Gasteiger partial charge in [0.15, 0.2) is 0 Å². The van der Waals surface area contributed by atoms with Crippen LogP contribution in [0.15, 0.2) is 47.4 Å². The van der Waals surface area contributed by atoms with Gasteiger partial charge < -0.3 is 4.74 Å². The molecule has 1 heterocycles. The zero-order chi connectivity index (χ0) is 19.4. The first-order chi connectivity index (χ1) is 12.9. The normalized spacial score (nSPS) is 16.4. The topological polar surface area (TPSA) is 49.9 Å². The summed E-state index contributed by atoms with van der Waals surface area (Å²) in [5, 5.41) is 0. The molecule has 3 rings (SSSR count). The summed E-state index contributed by atoms with van der Waals surface area (Å²) in [7, 11) is -4.08. The monoisotopic (exact) mass is 400 g/mol. The Balaban J connectivity index is 1.52. The molecule has 2 aromatic carbocycles. The first-order valence-electron chi connectivity index (χ1n) is 8.42. The molecule has 1 aliphatic heterocycles. The van der Waals surface area contributed by atoms with E-state index in [0.29, 0.717) is 38.1 Å². The quantitative estimate of drug-likeness (QED) is 0.748. The van der Waals surface area contributed by atoms with Crippen LogP contribution >= 0.6 is 0 Å². The van der Waals surface area contributed by atoms with Gasteiger partial charge in [0.2, 0.25) is 10.0 Å². The number of halogens is 3. The molecule has 5 nitrogen and oxygen atoms in total. The molecule has 27 heavy (non-hydrogen) atoms. The number of nitrogens with zero attached hydrogens (tertiary/aromatic N) is 2. The summed E-state index contributed by atoms with van der Waals surface area (Å²) >= 11 is 0. The minimum Gasteiger partial charge on any atom is -0.492 e. The van der Waals surface area contributed by atoms with Gasteiger partial charge in [-0.2, -0.15) is 4.31 Å². The van der Waals surface area contributed by atoms with Gasteiger partial charge in [-0.3, -0.25) is 4.90 Å². The van der Waals surface area contributed by atoms with Gasteiger partial charge in [0.1, 0.15) is 34.7 Å². The van der Waals surface area contributed by atoms with Crippen LogP contribution in [0.3, 0.4) is 0 Å². The molecule has 0 N–H and O–H groups in total. The van der Waals surface area contributed by atoms with E-state index in [-0.39, 0.29) is 18.9 Å². The van der Waals surface area contributed by atoms with E-state index in [1.165, 1.54) is 24.3 Å². The molecule has 0 spiro atoms. The predicted molar refractivity (Wildman–Crippen MR) is 93.5 cm³/mol. The highest BCUT2D eigenvalue weighted by atomic mass is 32.2. The molecule has 0 saturated carbocycles. The fourth-order valence-corrected chi connectivity index (χ4v) is 4.33. The average molecular weight is 400 g/mol. The summed E-state index contributed by atoms with van der Waals surface area (Å²) in [6.45, 7) is 2.19. The molecule has 1 fully saturated rings. The highest BCUT2D eigenvalue weighted by Gasteiger charge is 2.30. The van der Waals surface area contributed by atoms with E-state index in [0.717, 1.165) is 16.4 Å². The molecular formula is C18H19F3N2O3S. The first-order valence-corrected chi connectivity index (χ1v) is 9.86. The zero-order valence-corrected chi connectivity index (χ0v) is 15.3. The predicted octanol–water partition coefficient (Wildman–Crippen LogP) is 2.49. The highest BCUT2D eigenvalue weighted by molar-refractivity contribution is 7.89. The Bertz CT molecular complexity index is 883. The van der Waals surface area contributed by atoms with E-state index >= 15 is 0 Å². The van der Waals surface area contributed by atoms with Crippen LogP contribution in [0.2, 0.25) is 0 Å². The van der Waals surface area contributed by atoms with E-state index in [9.17, 15) is 21.6 Å². The number of rotatable bonds is 6. The van der Waals surface area contributed by atoms with Crippen molar-refractivity contribution >= 4 is 10.0 Å². The molecule has 0 unspecified atom stereocenters. The molecule has 1 saturated heterocycles. The molecule has 0 aliphatic carbocycles. The molecule has 0 radical (unpaired) electrons. The second-order valence-corrected chi connectivity index (χ2v) is 8.03. The van der Waals surface area contributed by atoms with Crippen molar-refractivity contribution in [2.75, 3.05) is 39.3 Å². The maximum Gasteiger partial charge on any atom is 0.246 e. The van der Waals surface area contributed by atoms with Crippen molar-refractivity contribution < 1.29 is 26.3 Å². The third kappa shape index (κ3) is 4.79. The fourth-order valence-electron chi connectivity index (χ4n) is 2.83. The van der Waals surface area contributed by atoms with E-state index in [1.54, 1.807) is 0 Å². The summed E-state index contributed by atoms with van der Waals surface area (Å²) in [6, 6.07) is 8.09. The van der Waals surface area contributed by atoms with Crippen molar-refractivity contribution in [1.82, 2.24) is 9.21 Å². The van der Waals surface area contributed by atoms with Crippen LogP contribution in [0.25, 0.3) is 0 Å². The number of hydrogen-bond acceptors (Lipinski definition) is 4. The summed E-state index contributed by atoms with van der Waals surface area (Å²) in [6.07, 6.45) is 0. The van der Waals surface area contributed by atoms with Crippen molar-refractivity contribution in [3.05, 3.63) is 59.9 Å². The molecule has 1 aliphatic rings. The van der Waals surface area contributed by atoms with Crippen LogP contribution in [0, 0.1) is 17.5 Å². The molecule has 146 valence electrons. The Morgan fingerprint density at radius 1 is 0.889 bits per heavy atom. The Hall–Kier alpha value is -2.10. The van der Waals surface area contributed by atoms with Gasteiger partial charge in [-0.1, -0.05) is 0 Å². The molecule has 0 aromatic heterocycles. The van der Waals surface area contributed by atoms with E-state index < -0.39 is 26.6 Å². The van der Waals surface area contributed by atoms with Crippen LogP contribution in [0.1, 0.15) is 0 Å². The fraction of sp³-hybridized carbons (Fsp3) is 0.333. The summed E-state index contributed by atoms with van der Waals surface area (Å²) in [5.74, 6) is -1.55. The summed E-state index contributed by atoms with van der Waals surface area (Å²) in [4.78, 5) is 1.37. The Morgan fingerprint density at radius 2 is 1.52 bits per heavy atom. The minimum atomic E-state index is -4.08. The molecule has 0 atom stereocenters. The standard InChI is InChI=1S/C18H19F3N2O3S/c19-14-1-4-16(5-2-14)26-12-11-22-7-9-23(10-8-22)27(24,25)18-13-15(20)3-6-17(18)21/h1-6,13H,7-12H2. The lowest BCUT2D eigenvalue weighted by atomic mass is 10.3. The highest BCUT2D eigenvalue weighted by Crippen LogP contribution is 2.21. The van der Waals surface area contributed by atoms with Gasteiger partial charge in [-0.05, 0) is 42.5 Å². The second kappa shape index (κ2) is 8.28. The van der Waals surface area contributed by atoms with Crippen molar-refractivity contribution in [3.63, 3.8) is 0 Å². The van der Waals surface area contributed by atoms with Gasteiger partial charge in [0.05, 0.1) is 0 Å². The molecule has 0 bridgehead atoms. The summed E-state index contributed by atoms with van der Waals surface area (Å²) in [5.41, 5.74) is 0. The Kier molecular flexibility index (Phi) is 6.03. The maximum absolute atomic E-state index is 13.8. The van der Waals surface area contributed by atoms with Crippen LogP contribution in [-0.2, 0) is 10.0 Å². The molecular weight excluding hydrogens is 381 g/mol. The lowest BCUT2D eigenvalue weighted by Gasteiger charge is -2.33. The van der Waals surface area contributed by atoms with Crippen molar-refractivity contribution in [3.8, 4) is 5.75 Å². The zero-order valence-electron chi connectivity index (χ0n) is 14.4. The van der Waals surface area contributed by atoms with Gasteiger partial charge in [-0.15, -0.1) is 0 Å². The smallest absolute Gasteiger partial charge is 0.246 e. The van der Waals surface area contributed by atoms with Crippen LogP contribution in [0.5, 0.6) is 5.75 Å². The Labute approximate surface area is 156 Å². The Morgan fingerprint density at radius 3 is 2.19 bits per heavy atom. The number of piperazine rings is 1. The summed E-state index contributed by atoms with van der Waals surface area (Å²) < 4.78 is 71.7. The van der Waals surface area contributed by atoms with Gasteiger partial charge in [0, 0.05) is 32.7 Å². The first kappa shape index (κ1) is 19.7. The van der Waals surface area contributed by atoms with E-state index in [4.69, 9.17) is 4.74 Å². The molecule has 9 heteroatoms. The van der Waals surface area contributed by atoms with Crippen LogP contribution in [-0.4, -0.2) is 57.0 Å². The average Bonchev–Trinajstić information content (AvgIpc) is 2.66. The largest absolute Gasteiger partial charge is 0.492 e. The second-order valence-electron chi connectivity index (χ2n) is 6.12. The minimum absolute atomic E-state index is 0.175. The lowest BCUT2D eigenvalue weighted by molar-refractivity contribution is 0.158. The van der Waals surface area contributed by atoms with Crippen molar-refractivity contribution in [2.45, 2.75) is 4.90 Å². The lowest BCUT2D eigenvalue weighted by Crippen LogP contribution is -2.49.